The number of para-hydroxylation sites is 1. The van der Waals surface area contributed by atoms with Gasteiger partial charge in [-0.05, 0) is 119 Å². The molecular formula is C59H49N. The quantitative estimate of drug-likeness (QED) is 0.156. The number of hydrogen-bond donors (Lipinski definition) is 0. The van der Waals surface area contributed by atoms with Gasteiger partial charge < -0.3 is 4.90 Å². The summed E-state index contributed by atoms with van der Waals surface area (Å²) in [7, 11) is 0. The monoisotopic (exact) mass is 771 g/mol. The molecule has 0 bridgehead atoms. The fourth-order valence-corrected chi connectivity index (χ4v) is 9.69. The summed E-state index contributed by atoms with van der Waals surface area (Å²) in [5, 5.41) is 2.48. The van der Waals surface area contributed by atoms with Crippen molar-refractivity contribution < 1.29 is 0 Å². The highest BCUT2D eigenvalue weighted by Gasteiger charge is 2.38. The van der Waals surface area contributed by atoms with Gasteiger partial charge in [0.05, 0.1) is 0 Å². The van der Waals surface area contributed by atoms with Crippen LogP contribution in [0.4, 0.5) is 17.1 Å². The second kappa shape index (κ2) is 14.7. The molecule has 0 heterocycles. The molecule has 1 nitrogen and oxygen atoms in total. The van der Waals surface area contributed by atoms with Gasteiger partial charge in [-0.2, -0.15) is 0 Å². The first-order valence-corrected chi connectivity index (χ1v) is 21.2. The summed E-state index contributed by atoms with van der Waals surface area (Å²) in [6.07, 6.45) is 0. The van der Waals surface area contributed by atoms with Crippen molar-refractivity contribution >= 4 is 27.8 Å². The second-order valence-corrected chi connectivity index (χ2v) is 17.7. The Morgan fingerprint density at radius 1 is 0.367 bits per heavy atom. The summed E-state index contributed by atoms with van der Waals surface area (Å²) in [4.78, 5) is 2.49. The molecular weight excluding hydrogens is 723 g/mol. The summed E-state index contributed by atoms with van der Waals surface area (Å²) in [5.41, 5.74) is 19.8. The second-order valence-electron chi connectivity index (χ2n) is 17.7. The predicted molar refractivity (Wildman–Crippen MR) is 257 cm³/mol. The summed E-state index contributed by atoms with van der Waals surface area (Å²) >= 11 is 0. The third kappa shape index (κ3) is 6.33. The molecule has 0 radical (unpaired) electrons. The van der Waals surface area contributed by atoms with E-state index in [4.69, 9.17) is 0 Å². The van der Waals surface area contributed by atoms with E-state index >= 15 is 0 Å². The van der Waals surface area contributed by atoms with E-state index in [0.29, 0.717) is 0 Å². The average Bonchev–Trinajstić information content (AvgIpc) is 3.52. The maximum Gasteiger partial charge on any atom is 0.0498 e. The average molecular weight is 772 g/mol. The molecule has 290 valence electrons. The molecule has 0 spiro atoms. The van der Waals surface area contributed by atoms with Crippen LogP contribution in [-0.4, -0.2) is 0 Å². The van der Waals surface area contributed by atoms with Gasteiger partial charge in [0.1, 0.15) is 0 Å². The Kier molecular flexibility index (Phi) is 9.14. The van der Waals surface area contributed by atoms with E-state index in [-0.39, 0.29) is 10.8 Å². The minimum absolute atomic E-state index is 0.0780. The molecule has 9 aromatic carbocycles. The van der Waals surface area contributed by atoms with E-state index in [1.165, 1.54) is 88.8 Å². The molecule has 0 aliphatic heterocycles. The van der Waals surface area contributed by atoms with Crippen LogP contribution in [0.15, 0.2) is 206 Å². The highest BCUT2D eigenvalue weighted by Crippen LogP contribution is 2.54. The van der Waals surface area contributed by atoms with Crippen LogP contribution in [0.2, 0.25) is 0 Å². The molecule has 0 saturated heterocycles. The summed E-state index contributed by atoms with van der Waals surface area (Å²) in [6, 6.07) is 76.0. The zero-order valence-electron chi connectivity index (χ0n) is 35.1. The molecule has 0 unspecified atom stereocenters. The number of fused-ring (bicyclic) bond motifs is 4. The minimum atomic E-state index is -0.178. The Morgan fingerprint density at radius 3 is 1.63 bits per heavy atom. The van der Waals surface area contributed by atoms with Crippen molar-refractivity contribution in [2.45, 2.75) is 45.4 Å². The van der Waals surface area contributed by atoms with Gasteiger partial charge in [-0.3, -0.25) is 0 Å². The molecule has 1 aliphatic rings. The molecule has 1 heteroatoms. The Bertz CT molecular complexity index is 3040. The summed E-state index contributed by atoms with van der Waals surface area (Å²) < 4.78 is 0. The Labute approximate surface area is 355 Å². The van der Waals surface area contributed by atoms with Crippen LogP contribution in [-0.2, 0) is 10.8 Å². The Morgan fingerprint density at radius 2 is 0.900 bits per heavy atom. The molecule has 0 atom stereocenters. The number of hydrogen-bond acceptors (Lipinski definition) is 1. The first kappa shape index (κ1) is 37.3. The van der Waals surface area contributed by atoms with Gasteiger partial charge in [-0.25, -0.2) is 0 Å². The lowest BCUT2D eigenvalue weighted by atomic mass is 9.81. The van der Waals surface area contributed by atoms with E-state index < -0.39 is 0 Å². The van der Waals surface area contributed by atoms with Crippen molar-refractivity contribution in [1.29, 1.82) is 0 Å². The van der Waals surface area contributed by atoms with E-state index in [2.05, 4.69) is 246 Å². The van der Waals surface area contributed by atoms with Crippen LogP contribution in [0.3, 0.4) is 0 Å². The molecule has 60 heavy (non-hydrogen) atoms. The smallest absolute Gasteiger partial charge is 0.0498 e. The number of anilines is 3. The normalized spacial score (nSPS) is 12.9. The third-order valence-electron chi connectivity index (χ3n) is 12.6. The lowest BCUT2D eigenvalue weighted by Crippen LogP contribution is -2.20. The van der Waals surface area contributed by atoms with Crippen LogP contribution >= 0.6 is 0 Å². The number of benzene rings is 9. The van der Waals surface area contributed by atoms with Crippen molar-refractivity contribution in [2.75, 3.05) is 4.90 Å². The van der Waals surface area contributed by atoms with Gasteiger partial charge in [-0.15, -0.1) is 0 Å². The highest BCUT2D eigenvalue weighted by atomic mass is 15.1. The molecule has 0 fully saturated rings. The zero-order chi connectivity index (χ0) is 41.0. The van der Waals surface area contributed by atoms with Gasteiger partial charge in [0, 0.05) is 22.5 Å². The molecule has 1 aliphatic carbocycles. The lowest BCUT2D eigenvalue weighted by Gasteiger charge is -2.33. The summed E-state index contributed by atoms with van der Waals surface area (Å²) in [6.45, 7) is 11.7. The number of nitrogens with zero attached hydrogens (tertiary/aromatic N) is 1. The standard InChI is InChI=1S/C59H49N/c1-58(2,3)53-31-16-17-33-56(53)60(44-34-35-52-55(39-44)59(4,5)54-32-19-30-47(57(52)54)41-22-10-7-11-23-41)43-25-18-24-42(38-43)46-36-37-51(50-29-15-14-28-49(46)50)48-27-13-12-26-45(48)40-20-8-6-9-21-40/h6-39H,1-5H3. The molecule has 9 aromatic rings. The maximum absolute atomic E-state index is 2.49. The fraction of sp³-hybridized carbons (Fsp3) is 0.119. The van der Waals surface area contributed by atoms with E-state index in [1.54, 1.807) is 0 Å². The maximum atomic E-state index is 2.49. The molecule has 0 saturated carbocycles. The van der Waals surface area contributed by atoms with Gasteiger partial charge in [0.25, 0.3) is 0 Å². The molecule has 0 aromatic heterocycles. The third-order valence-corrected chi connectivity index (χ3v) is 12.6. The van der Waals surface area contributed by atoms with Crippen molar-refractivity contribution in [2.24, 2.45) is 0 Å². The van der Waals surface area contributed by atoms with Gasteiger partial charge in [-0.1, -0.05) is 211 Å². The van der Waals surface area contributed by atoms with Crippen LogP contribution in [0.5, 0.6) is 0 Å². The first-order chi connectivity index (χ1) is 29.2. The van der Waals surface area contributed by atoms with Crippen molar-refractivity contribution in [1.82, 2.24) is 0 Å². The lowest BCUT2D eigenvalue weighted by molar-refractivity contribution is 0.591. The predicted octanol–water partition coefficient (Wildman–Crippen LogP) is 16.6. The van der Waals surface area contributed by atoms with Crippen LogP contribution in [0, 0.1) is 0 Å². The fourth-order valence-electron chi connectivity index (χ4n) is 9.69. The van der Waals surface area contributed by atoms with E-state index in [1.807, 2.05) is 0 Å². The van der Waals surface area contributed by atoms with Gasteiger partial charge in [0.15, 0.2) is 0 Å². The molecule has 0 N–H and O–H groups in total. The van der Waals surface area contributed by atoms with Crippen LogP contribution < -0.4 is 4.90 Å². The van der Waals surface area contributed by atoms with Crippen LogP contribution in [0.25, 0.3) is 66.4 Å². The summed E-state index contributed by atoms with van der Waals surface area (Å²) in [5.74, 6) is 0. The van der Waals surface area contributed by atoms with E-state index in [0.717, 1.165) is 11.4 Å². The highest BCUT2D eigenvalue weighted by molar-refractivity contribution is 6.07. The topological polar surface area (TPSA) is 3.24 Å². The number of rotatable bonds is 7. The zero-order valence-corrected chi connectivity index (χ0v) is 35.1. The van der Waals surface area contributed by atoms with Crippen LogP contribution in [0.1, 0.15) is 51.3 Å². The first-order valence-electron chi connectivity index (χ1n) is 21.2. The SMILES string of the molecule is CC(C)(C)c1ccccc1N(c1cccc(-c2ccc(-c3ccccc3-c3ccccc3)c3ccccc23)c1)c1ccc2c(c1)C(C)(C)c1cccc(-c3ccccc3)c1-2. The minimum Gasteiger partial charge on any atom is -0.310 e. The Hall–Kier alpha value is -6.96. The van der Waals surface area contributed by atoms with Crippen molar-refractivity contribution in [3.63, 3.8) is 0 Å². The molecule has 0 amide bonds. The molecule has 10 rings (SSSR count). The van der Waals surface area contributed by atoms with Gasteiger partial charge in [0.2, 0.25) is 0 Å². The largest absolute Gasteiger partial charge is 0.310 e. The van der Waals surface area contributed by atoms with Crippen molar-refractivity contribution in [3.05, 3.63) is 223 Å². The Balaban J connectivity index is 1.14. The van der Waals surface area contributed by atoms with E-state index in [9.17, 15) is 0 Å². The van der Waals surface area contributed by atoms with Crippen molar-refractivity contribution in [3.8, 4) is 55.6 Å². The van der Waals surface area contributed by atoms with Gasteiger partial charge >= 0.3 is 0 Å².